The lowest BCUT2D eigenvalue weighted by molar-refractivity contribution is 0.507. The number of isothiocyanates is 1. The van der Waals surface area contributed by atoms with Gasteiger partial charge in [-0.05, 0) is 18.3 Å². The number of hydrogen-bond donors (Lipinski definition) is 0. The molecular weight excluding hydrogens is 214 g/mol. The molecule has 0 heterocycles. The summed E-state index contributed by atoms with van der Waals surface area (Å²) in [5.41, 5.74) is 0.675. The van der Waals surface area contributed by atoms with Crippen LogP contribution in [0.3, 0.4) is 0 Å². The second kappa shape index (κ2) is 5.43. The predicted molar refractivity (Wildman–Crippen MR) is 55.2 cm³/mol. The topological polar surface area (TPSA) is 74.8 Å². The Kier molecular flexibility index (Phi) is 3.90. The zero-order valence-electron chi connectivity index (χ0n) is 7.30. The van der Waals surface area contributed by atoms with Crippen LogP contribution in [0.15, 0.2) is 28.2 Å². The standard InChI is InChI=1S/C9H3N3O2S/c10-4-14-9-2-7(11-5-13)1-8(3-9)12-6-15/h1-3H. The molecule has 0 atom stereocenters. The van der Waals surface area contributed by atoms with Crippen molar-refractivity contribution in [1.29, 1.82) is 5.26 Å². The van der Waals surface area contributed by atoms with Crippen molar-refractivity contribution in [3.8, 4) is 12.0 Å². The van der Waals surface area contributed by atoms with Crippen LogP contribution in [0.2, 0.25) is 0 Å². The minimum absolute atomic E-state index is 0.220. The Morgan fingerprint density at radius 3 is 2.47 bits per heavy atom. The zero-order chi connectivity index (χ0) is 11.1. The maximum Gasteiger partial charge on any atom is 0.292 e. The first kappa shape index (κ1) is 10.8. The van der Waals surface area contributed by atoms with Crippen LogP contribution >= 0.6 is 12.2 Å². The fraction of sp³-hybridized carbons (Fsp3) is 0. The zero-order valence-corrected chi connectivity index (χ0v) is 8.11. The number of isocyanates is 1. The van der Waals surface area contributed by atoms with Gasteiger partial charge in [-0.15, -0.1) is 5.26 Å². The average Bonchev–Trinajstić information content (AvgIpc) is 2.19. The average molecular weight is 217 g/mol. The van der Waals surface area contributed by atoms with Crippen molar-refractivity contribution in [2.75, 3.05) is 0 Å². The van der Waals surface area contributed by atoms with Gasteiger partial charge >= 0.3 is 0 Å². The molecule has 0 aliphatic rings. The molecule has 0 unspecified atom stereocenters. The smallest absolute Gasteiger partial charge is 0.292 e. The molecule has 0 fully saturated rings. The molecule has 6 heteroatoms. The van der Waals surface area contributed by atoms with E-state index in [2.05, 4.69) is 32.1 Å². The lowest BCUT2D eigenvalue weighted by Gasteiger charge is -1.98. The quantitative estimate of drug-likeness (QED) is 0.337. The maximum atomic E-state index is 10.0. The van der Waals surface area contributed by atoms with E-state index in [1.165, 1.54) is 30.5 Å². The van der Waals surface area contributed by atoms with Gasteiger partial charge in [0.1, 0.15) is 5.75 Å². The van der Waals surface area contributed by atoms with Crippen molar-refractivity contribution >= 4 is 34.8 Å². The minimum Gasteiger partial charge on any atom is -0.388 e. The van der Waals surface area contributed by atoms with Crippen molar-refractivity contribution < 1.29 is 9.53 Å². The molecule has 0 radical (unpaired) electrons. The summed E-state index contributed by atoms with van der Waals surface area (Å²) in [6.45, 7) is 0. The summed E-state index contributed by atoms with van der Waals surface area (Å²) in [4.78, 5) is 17.1. The van der Waals surface area contributed by atoms with Gasteiger partial charge < -0.3 is 4.74 Å². The van der Waals surface area contributed by atoms with Crippen molar-refractivity contribution in [3.05, 3.63) is 18.2 Å². The van der Waals surface area contributed by atoms with Crippen LogP contribution in [-0.2, 0) is 4.79 Å². The van der Waals surface area contributed by atoms with Crippen LogP contribution in [0.5, 0.6) is 5.75 Å². The molecule has 0 aliphatic heterocycles. The van der Waals surface area contributed by atoms with Gasteiger partial charge in [0.2, 0.25) is 6.08 Å². The van der Waals surface area contributed by atoms with E-state index in [0.717, 1.165) is 0 Å². The summed E-state index contributed by atoms with van der Waals surface area (Å²) in [6, 6.07) is 4.34. The van der Waals surface area contributed by atoms with E-state index in [0.29, 0.717) is 5.69 Å². The number of benzene rings is 1. The van der Waals surface area contributed by atoms with Crippen molar-refractivity contribution in [3.63, 3.8) is 0 Å². The minimum atomic E-state index is 0.220. The first-order valence-corrected chi connectivity index (χ1v) is 4.07. The highest BCUT2D eigenvalue weighted by atomic mass is 32.1. The van der Waals surface area contributed by atoms with E-state index < -0.39 is 0 Å². The summed E-state index contributed by atoms with van der Waals surface area (Å²) in [7, 11) is 0. The van der Waals surface area contributed by atoms with Gasteiger partial charge in [-0.3, -0.25) is 0 Å². The van der Waals surface area contributed by atoms with Crippen LogP contribution in [0.1, 0.15) is 0 Å². The largest absolute Gasteiger partial charge is 0.388 e. The normalized spacial score (nSPS) is 7.93. The van der Waals surface area contributed by atoms with Gasteiger partial charge in [-0.1, -0.05) is 0 Å². The fourth-order valence-electron chi connectivity index (χ4n) is 0.914. The molecule has 0 N–H and O–H groups in total. The highest BCUT2D eigenvalue weighted by Crippen LogP contribution is 2.27. The first-order valence-electron chi connectivity index (χ1n) is 3.67. The number of nitriles is 1. The number of rotatable bonds is 3. The first-order chi connectivity index (χ1) is 7.30. The molecule has 72 valence electrons. The van der Waals surface area contributed by atoms with Crippen molar-refractivity contribution in [2.24, 2.45) is 9.98 Å². The maximum absolute atomic E-state index is 10.0. The molecule has 0 saturated carbocycles. The summed E-state index contributed by atoms with van der Waals surface area (Å²) >= 11 is 4.42. The molecule has 1 aromatic carbocycles. The van der Waals surface area contributed by atoms with E-state index in [9.17, 15) is 4.79 Å². The second-order valence-electron chi connectivity index (χ2n) is 2.28. The van der Waals surface area contributed by atoms with Crippen LogP contribution in [0, 0.1) is 11.5 Å². The molecule has 1 rings (SSSR count). The fourth-order valence-corrected chi connectivity index (χ4v) is 1.02. The van der Waals surface area contributed by atoms with Gasteiger partial charge in [-0.2, -0.15) is 9.98 Å². The van der Waals surface area contributed by atoms with Crippen LogP contribution in [0.25, 0.3) is 0 Å². The summed E-state index contributed by atoms with van der Waals surface area (Å²) in [6.07, 6.45) is 2.87. The molecule has 5 nitrogen and oxygen atoms in total. The lowest BCUT2D eigenvalue weighted by atomic mass is 10.2. The van der Waals surface area contributed by atoms with Crippen LogP contribution in [-0.4, -0.2) is 11.2 Å². The van der Waals surface area contributed by atoms with E-state index in [1.807, 2.05) is 0 Å². The third-order valence-electron chi connectivity index (χ3n) is 1.39. The van der Waals surface area contributed by atoms with Gasteiger partial charge in [0, 0.05) is 12.1 Å². The Balaban J connectivity index is 3.25. The Morgan fingerprint density at radius 1 is 1.27 bits per heavy atom. The predicted octanol–water partition coefficient (Wildman–Crippen LogP) is 2.25. The molecule has 1 aromatic rings. The Labute approximate surface area is 90.3 Å². The summed E-state index contributed by atoms with van der Waals surface area (Å²) in [5, 5.41) is 10.5. The molecule has 0 aromatic heterocycles. The van der Waals surface area contributed by atoms with E-state index >= 15 is 0 Å². The second-order valence-corrected chi connectivity index (χ2v) is 2.47. The molecule has 0 aliphatic carbocycles. The molecule has 15 heavy (non-hydrogen) atoms. The number of carbonyl (C=O) groups excluding carboxylic acids is 1. The number of thiocarbonyl (C=S) groups is 1. The highest BCUT2D eigenvalue weighted by Gasteiger charge is 2.00. The summed E-state index contributed by atoms with van der Waals surface area (Å²) < 4.78 is 4.57. The Hall–Kier alpha value is -2.31. The third kappa shape index (κ3) is 3.14. The number of nitrogens with zero attached hydrogens (tertiary/aromatic N) is 3. The lowest BCUT2D eigenvalue weighted by Crippen LogP contribution is -1.80. The molecular formula is C9H3N3O2S. The van der Waals surface area contributed by atoms with Gasteiger partial charge in [0.05, 0.1) is 16.5 Å². The number of ether oxygens (including phenoxy) is 1. The van der Waals surface area contributed by atoms with Gasteiger partial charge in [0.15, 0.2) is 0 Å². The van der Waals surface area contributed by atoms with Crippen LogP contribution < -0.4 is 4.74 Å². The van der Waals surface area contributed by atoms with Crippen molar-refractivity contribution in [1.82, 2.24) is 0 Å². The molecule has 0 saturated heterocycles. The molecule has 0 spiro atoms. The van der Waals surface area contributed by atoms with Crippen molar-refractivity contribution in [2.45, 2.75) is 0 Å². The number of hydrogen-bond acceptors (Lipinski definition) is 6. The highest BCUT2D eigenvalue weighted by molar-refractivity contribution is 7.78. The van der Waals surface area contributed by atoms with Gasteiger partial charge in [-0.25, -0.2) is 4.79 Å². The Bertz CT molecular complexity index is 472. The molecule has 0 amide bonds. The third-order valence-corrected chi connectivity index (χ3v) is 1.48. The number of aliphatic imine (C=N–C) groups is 2. The molecule has 0 bridgehead atoms. The monoisotopic (exact) mass is 217 g/mol. The summed E-state index contributed by atoms with van der Waals surface area (Å²) in [5.74, 6) is 0.220. The SMILES string of the molecule is N#COc1cc(N=C=O)cc(N=C=S)c1. The van der Waals surface area contributed by atoms with E-state index in [4.69, 9.17) is 5.26 Å². The van der Waals surface area contributed by atoms with E-state index in [-0.39, 0.29) is 11.4 Å². The van der Waals surface area contributed by atoms with E-state index in [1.54, 1.807) is 0 Å². The van der Waals surface area contributed by atoms with Gasteiger partial charge in [0.25, 0.3) is 6.26 Å². The van der Waals surface area contributed by atoms with Crippen LogP contribution in [0.4, 0.5) is 11.4 Å². The Morgan fingerprint density at radius 2 is 1.93 bits per heavy atom.